The maximum atomic E-state index is 12.3. The second kappa shape index (κ2) is 6.29. The zero-order valence-corrected chi connectivity index (χ0v) is 12.9. The van der Waals surface area contributed by atoms with Crippen LogP contribution in [0.5, 0.6) is 0 Å². The topological polar surface area (TPSA) is 32.3 Å². The zero-order valence-electron chi connectivity index (χ0n) is 12.9. The van der Waals surface area contributed by atoms with E-state index in [9.17, 15) is 4.79 Å². The van der Waals surface area contributed by atoms with Crippen molar-refractivity contribution in [3.05, 3.63) is 35.4 Å². The Kier molecular flexibility index (Phi) is 4.69. The van der Waals surface area contributed by atoms with E-state index in [0.29, 0.717) is 12.0 Å². The molecule has 0 aliphatic heterocycles. The molecule has 1 fully saturated rings. The average molecular weight is 274 g/mol. The lowest BCUT2D eigenvalue weighted by molar-refractivity contribution is 0.186. The van der Waals surface area contributed by atoms with Crippen LogP contribution in [0.4, 0.5) is 4.79 Å². The van der Waals surface area contributed by atoms with E-state index in [1.807, 2.05) is 11.0 Å². The Labute approximate surface area is 122 Å². The first-order valence-electron chi connectivity index (χ1n) is 7.61. The molecule has 1 aliphatic carbocycles. The number of amides is 2. The minimum atomic E-state index is 0.0708. The summed E-state index contributed by atoms with van der Waals surface area (Å²) in [7, 11) is 0. The summed E-state index contributed by atoms with van der Waals surface area (Å²) in [5.41, 5.74) is 2.76. The molecule has 0 spiro atoms. The van der Waals surface area contributed by atoms with Gasteiger partial charge in [-0.3, -0.25) is 0 Å². The molecule has 0 radical (unpaired) electrons. The van der Waals surface area contributed by atoms with Crippen LogP contribution in [0.25, 0.3) is 0 Å². The summed E-state index contributed by atoms with van der Waals surface area (Å²) in [5.74, 6) is 0. The molecule has 0 aromatic heterocycles. The van der Waals surface area contributed by atoms with E-state index in [4.69, 9.17) is 0 Å². The highest BCUT2D eigenvalue weighted by Crippen LogP contribution is 2.45. The average Bonchev–Trinajstić information content (AvgIpc) is 3.13. The molecule has 3 nitrogen and oxygen atoms in total. The number of carbonyl (C=O) groups excluding carboxylic acids is 1. The van der Waals surface area contributed by atoms with Gasteiger partial charge >= 0.3 is 6.03 Å². The predicted octanol–water partition coefficient (Wildman–Crippen LogP) is 3.72. The monoisotopic (exact) mass is 274 g/mol. The molecule has 0 heterocycles. The van der Waals surface area contributed by atoms with Gasteiger partial charge in [-0.15, -0.1) is 0 Å². The highest BCUT2D eigenvalue weighted by Gasteiger charge is 2.39. The smallest absolute Gasteiger partial charge is 0.317 e. The maximum absolute atomic E-state index is 12.3. The Hall–Kier alpha value is -1.51. The van der Waals surface area contributed by atoms with Crippen molar-refractivity contribution in [2.24, 2.45) is 5.41 Å². The lowest BCUT2D eigenvalue weighted by atomic mass is 10.1. The first kappa shape index (κ1) is 14.9. The third kappa shape index (κ3) is 4.26. The quantitative estimate of drug-likeness (QED) is 0.842. The third-order valence-corrected chi connectivity index (χ3v) is 3.98. The van der Waals surface area contributed by atoms with Crippen molar-refractivity contribution < 1.29 is 4.79 Å². The van der Waals surface area contributed by atoms with E-state index < -0.39 is 0 Å². The van der Waals surface area contributed by atoms with E-state index in [2.05, 4.69) is 44.3 Å². The van der Waals surface area contributed by atoms with Gasteiger partial charge in [-0.1, -0.05) is 43.7 Å². The summed E-state index contributed by atoms with van der Waals surface area (Å²) in [4.78, 5) is 14.3. The molecule has 0 atom stereocenters. The molecule has 2 amide bonds. The van der Waals surface area contributed by atoms with Crippen LogP contribution in [0.2, 0.25) is 0 Å². The number of hydrogen-bond donors (Lipinski definition) is 1. The number of nitrogens with zero attached hydrogens (tertiary/aromatic N) is 1. The molecule has 0 saturated heterocycles. The van der Waals surface area contributed by atoms with Gasteiger partial charge in [-0.25, -0.2) is 4.79 Å². The number of carbonyl (C=O) groups is 1. The summed E-state index contributed by atoms with van der Waals surface area (Å²) in [6.07, 6.45) is 3.50. The fourth-order valence-electron chi connectivity index (χ4n) is 2.47. The Balaban J connectivity index is 1.87. The molecule has 1 N–H and O–H groups in total. The Morgan fingerprint density at radius 3 is 2.75 bits per heavy atom. The van der Waals surface area contributed by atoms with Gasteiger partial charge in [0.15, 0.2) is 0 Å². The van der Waals surface area contributed by atoms with Crippen LogP contribution < -0.4 is 5.32 Å². The standard InChI is InChI=1S/C17H26N2O/c1-4-10-19(13-17(3)8-9-17)16(20)18-12-15-7-5-6-14(2)11-15/h5-7,11H,4,8-10,12-13H2,1-3H3,(H,18,20). The fraction of sp³-hybridized carbons (Fsp3) is 0.588. The molecule has 1 saturated carbocycles. The van der Waals surface area contributed by atoms with E-state index in [1.54, 1.807) is 0 Å². The SMILES string of the molecule is CCCN(CC1(C)CC1)C(=O)NCc1cccc(C)c1. The summed E-state index contributed by atoms with van der Waals surface area (Å²) < 4.78 is 0. The van der Waals surface area contributed by atoms with E-state index in [0.717, 1.165) is 25.1 Å². The number of benzene rings is 1. The Morgan fingerprint density at radius 2 is 2.15 bits per heavy atom. The van der Waals surface area contributed by atoms with Crippen LogP contribution >= 0.6 is 0 Å². The van der Waals surface area contributed by atoms with Gasteiger partial charge in [0.2, 0.25) is 0 Å². The number of urea groups is 1. The summed E-state index contributed by atoms with van der Waals surface area (Å²) in [6.45, 7) is 8.80. The second-order valence-electron chi connectivity index (χ2n) is 6.38. The van der Waals surface area contributed by atoms with Gasteiger partial charge in [0.05, 0.1) is 0 Å². The van der Waals surface area contributed by atoms with Crippen molar-refractivity contribution in [2.75, 3.05) is 13.1 Å². The van der Waals surface area contributed by atoms with Crippen molar-refractivity contribution in [1.29, 1.82) is 0 Å². The summed E-state index contributed by atoms with van der Waals surface area (Å²) in [5, 5.41) is 3.05. The molecule has 110 valence electrons. The van der Waals surface area contributed by atoms with Gasteiger partial charge in [0.25, 0.3) is 0 Å². The van der Waals surface area contributed by atoms with Crippen molar-refractivity contribution in [3.8, 4) is 0 Å². The van der Waals surface area contributed by atoms with Crippen LogP contribution in [0.3, 0.4) is 0 Å². The lowest BCUT2D eigenvalue weighted by Crippen LogP contribution is -2.42. The van der Waals surface area contributed by atoms with Gasteiger partial charge in [0, 0.05) is 19.6 Å². The first-order valence-corrected chi connectivity index (χ1v) is 7.61. The molecule has 1 aromatic carbocycles. The van der Waals surface area contributed by atoms with Crippen LogP contribution in [0.1, 0.15) is 44.2 Å². The maximum Gasteiger partial charge on any atom is 0.317 e. The van der Waals surface area contributed by atoms with E-state index in [1.165, 1.54) is 18.4 Å². The highest BCUT2D eigenvalue weighted by molar-refractivity contribution is 5.74. The van der Waals surface area contributed by atoms with Crippen molar-refractivity contribution in [3.63, 3.8) is 0 Å². The minimum Gasteiger partial charge on any atom is -0.334 e. The molecule has 20 heavy (non-hydrogen) atoms. The molecular weight excluding hydrogens is 248 g/mol. The van der Waals surface area contributed by atoms with Crippen LogP contribution in [0.15, 0.2) is 24.3 Å². The molecule has 1 aromatic rings. The highest BCUT2D eigenvalue weighted by atomic mass is 16.2. The van der Waals surface area contributed by atoms with Crippen molar-refractivity contribution in [2.45, 2.75) is 46.6 Å². The van der Waals surface area contributed by atoms with Gasteiger partial charge in [-0.2, -0.15) is 0 Å². The normalized spacial score (nSPS) is 15.8. The van der Waals surface area contributed by atoms with Gasteiger partial charge < -0.3 is 10.2 Å². The number of hydrogen-bond acceptors (Lipinski definition) is 1. The first-order chi connectivity index (χ1) is 9.52. The number of nitrogens with one attached hydrogen (secondary N) is 1. The molecule has 2 rings (SSSR count). The molecule has 0 unspecified atom stereocenters. The molecule has 1 aliphatic rings. The third-order valence-electron chi connectivity index (χ3n) is 3.98. The number of rotatable bonds is 6. The Bertz CT molecular complexity index is 466. The molecule has 0 bridgehead atoms. The fourth-order valence-corrected chi connectivity index (χ4v) is 2.47. The van der Waals surface area contributed by atoms with Crippen molar-refractivity contribution >= 4 is 6.03 Å². The van der Waals surface area contributed by atoms with Crippen LogP contribution in [-0.4, -0.2) is 24.0 Å². The largest absolute Gasteiger partial charge is 0.334 e. The molecule has 3 heteroatoms. The van der Waals surface area contributed by atoms with Gasteiger partial charge in [-0.05, 0) is 37.2 Å². The second-order valence-corrected chi connectivity index (χ2v) is 6.38. The van der Waals surface area contributed by atoms with E-state index in [-0.39, 0.29) is 6.03 Å². The van der Waals surface area contributed by atoms with Crippen molar-refractivity contribution in [1.82, 2.24) is 10.2 Å². The molecular formula is C17H26N2O. The van der Waals surface area contributed by atoms with Crippen LogP contribution in [-0.2, 0) is 6.54 Å². The minimum absolute atomic E-state index is 0.0708. The van der Waals surface area contributed by atoms with Gasteiger partial charge in [0.1, 0.15) is 0 Å². The number of aryl methyl sites for hydroxylation is 1. The Morgan fingerprint density at radius 1 is 1.40 bits per heavy atom. The van der Waals surface area contributed by atoms with E-state index >= 15 is 0 Å². The lowest BCUT2D eigenvalue weighted by Gasteiger charge is -2.25. The van der Waals surface area contributed by atoms with Crippen LogP contribution in [0, 0.1) is 12.3 Å². The predicted molar refractivity (Wildman–Crippen MR) is 82.6 cm³/mol. The zero-order chi connectivity index (χ0) is 14.6. The summed E-state index contributed by atoms with van der Waals surface area (Å²) in [6, 6.07) is 8.35. The summed E-state index contributed by atoms with van der Waals surface area (Å²) >= 11 is 0.